The molecule has 1 aliphatic rings. The van der Waals surface area contributed by atoms with Crippen molar-refractivity contribution in [2.45, 2.75) is 18.5 Å². The molecule has 4 heteroatoms. The van der Waals surface area contributed by atoms with Crippen LogP contribution in [0.25, 0.3) is 0 Å². The summed E-state index contributed by atoms with van der Waals surface area (Å²) in [5.41, 5.74) is 5.66. The predicted molar refractivity (Wildman–Crippen MR) is 51.3 cm³/mol. The van der Waals surface area contributed by atoms with Gasteiger partial charge in [-0.1, -0.05) is 18.2 Å². The van der Waals surface area contributed by atoms with Gasteiger partial charge in [-0.25, -0.2) is 0 Å². The van der Waals surface area contributed by atoms with E-state index >= 15 is 0 Å². The smallest absolute Gasteiger partial charge is 0.330 e. The van der Waals surface area contributed by atoms with E-state index in [2.05, 4.69) is 0 Å². The Morgan fingerprint density at radius 1 is 1.33 bits per heavy atom. The summed E-state index contributed by atoms with van der Waals surface area (Å²) in [4.78, 5) is 0. The van der Waals surface area contributed by atoms with Crippen LogP contribution in [0, 0.1) is 5.92 Å². The summed E-state index contributed by atoms with van der Waals surface area (Å²) in [5.74, 6) is 0.603. The van der Waals surface area contributed by atoms with Crippen molar-refractivity contribution >= 4 is 0 Å². The van der Waals surface area contributed by atoms with Crippen LogP contribution in [-0.4, -0.2) is 6.54 Å². The van der Waals surface area contributed by atoms with E-state index in [0.717, 1.165) is 18.1 Å². The zero-order chi connectivity index (χ0) is 11.1. The van der Waals surface area contributed by atoms with Crippen LogP contribution in [0.15, 0.2) is 24.3 Å². The van der Waals surface area contributed by atoms with Crippen molar-refractivity contribution in [3.63, 3.8) is 0 Å². The van der Waals surface area contributed by atoms with Crippen molar-refractivity contribution in [2.24, 2.45) is 11.7 Å². The van der Waals surface area contributed by atoms with Crippen LogP contribution in [0.1, 0.15) is 23.5 Å². The molecule has 2 N–H and O–H groups in total. The quantitative estimate of drug-likeness (QED) is 0.806. The number of benzene rings is 1. The molecule has 2 atom stereocenters. The minimum absolute atomic E-state index is 0.234. The Hall–Kier alpha value is -1.03. The average Bonchev–Trinajstić information content (AvgIpc) is 2.95. The highest BCUT2D eigenvalue weighted by Crippen LogP contribution is 2.47. The molecule has 0 unspecified atom stereocenters. The van der Waals surface area contributed by atoms with E-state index in [-0.39, 0.29) is 5.92 Å². The summed E-state index contributed by atoms with van der Waals surface area (Å²) in [6.45, 7) is 0.556. The molecule has 82 valence electrons. The molecular weight excluding hydrogens is 203 g/mol. The molecular formula is C11H12F3N. The summed E-state index contributed by atoms with van der Waals surface area (Å²) < 4.78 is 37.2. The van der Waals surface area contributed by atoms with Gasteiger partial charge in [-0.3, -0.25) is 0 Å². The summed E-state index contributed by atoms with van der Waals surface area (Å²) in [6.07, 6.45) is -3.33. The number of nitrogens with two attached hydrogens (primary N) is 1. The van der Waals surface area contributed by atoms with Crippen molar-refractivity contribution in [3.05, 3.63) is 35.4 Å². The fraction of sp³-hybridized carbons (Fsp3) is 0.455. The van der Waals surface area contributed by atoms with Gasteiger partial charge >= 0.3 is 6.18 Å². The summed E-state index contributed by atoms with van der Waals surface area (Å²) in [6, 6.07) is 5.54. The standard InChI is InChI=1S/C11H12F3N/c12-11(13,14)9-3-1-2-7(4-9)10-5-8(10)6-15/h1-4,8,10H,5-6,15H2/t8-,10-/m1/s1. The van der Waals surface area contributed by atoms with Gasteiger partial charge < -0.3 is 5.73 Å². The van der Waals surface area contributed by atoms with Gasteiger partial charge in [0.2, 0.25) is 0 Å². The third kappa shape index (κ3) is 2.15. The third-order valence-electron chi connectivity index (χ3n) is 2.87. The molecule has 0 radical (unpaired) electrons. The predicted octanol–water partition coefficient (Wildman–Crippen LogP) is 2.77. The lowest BCUT2D eigenvalue weighted by Crippen LogP contribution is -2.06. The maximum Gasteiger partial charge on any atom is 0.416 e. The monoisotopic (exact) mass is 215 g/mol. The molecule has 1 aromatic rings. The van der Waals surface area contributed by atoms with Gasteiger partial charge in [0, 0.05) is 0 Å². The molecule has 0 saturated heterocycles. The molecule has 0 aliphatic heterocycles. The van der Waals surface area contributed by atoms with Crippen LogP contribution in [0.5, 0.6) is 0 Å². The fourth-order valence-electron chi connectivity index (χ4n) is 1.86. The SMILES string of the molecule is NC[C@H]1C[C@@H]1c1cccc(C(F)(F)F)c1. The first kappa shape index (κ1) is 10.5. The zero-order valence-corrected chi connectivity index (χ0v) is 8.09. The number of hydrogen-bond acceptors (Lipinski definition) is 1. The molecule has 1 saturated carbocycles. The summed E-state index contributed by atoms with van der Waals surface area (Å²) in [5, 5.41) is 0. The Morgan fingerprint density at radius 3 is 2.60 bits per heavy atom. The molecule has 0 bridgehead atoms. The van der Waals surface area contributed by atoms with E-state index < -0.39 is 11.7 Å². The number of halogens is 3. The molecule has 15 heavy (non-hydrogen) atoms. The number of hydrogen-bond donors (Lipinski definition) is 1. The van der Waals surface area contributed by atoms with E-state index in [1.54, 1.807) is 6.07 Å². The van der Waals surface area contributed by atoms with Crippen LogP contribution >= 0.6 is 0 Å². The number of rotatable bonds is 2. The highest BCUT2D eigenvalue weighted by atomic mass is 19.4. The van der Waals surface area contributed by atoms with Gasteiger partial charge in [0.1, 0.15) is 0 Å². The highest BCUT2D eigenvalue weighted by Gasteiger charge is 2.38. The molecule has 1 fully saturated rings. The molecule has 1 aliphatic carbocycles. The second-order valence-electron chi connectivity index (χ2n) is 3.96. The van der Waals surface area contributed by atoms with Crippen molar-refractivity contribution < 1.29 is 13.2 Å². The van der Waals surface area contributed by atoms with Gasteiger partial charge in [-0.2, -0.15) is 13.2 Å². The highest BCUT2D eigenvalue weighted by molar-refractivity contribution is 5.31. The Bertz CT molecular complexity index is 359. The lowest BCUT2D eigenvalue weighted by Gasteiger charge is -2.08. The molecule has 0 aromatic heterocycles. The first-order valence-electron chi connectivity index (χ1n) is 4.89. The first-order chi connectivity index (χ1) is 7.02. The van der Waals surface area contributed by atoms with Crippen LogP contribution in [-0.2, 0) is 6.18 Å². The van der Waals surface area contributed by atoms with Crippen LogP contribution in [0.2, 0.25) is 0 Å². The Kier molecular flexibility index (Phi) is 2.46. The van der Waals surface area contributed by atoms with Gasteiger partial charge in [0.15, 0.2) is 0 Å². The zero-order valence-electron chi connectivity index (χ0n) is 8.09. The maximum atomic E-state index is 12.4. The molecule has 2 rings (SSSR count). The van der Waals surface area contributed by atoms with Gasteiger partial charge in [-0.05, 0) is 36.4 Å². The van der Waals surface area contributed by atoms with E-state index in [9.17, 15) is 13.2 Å². The van der Waals surface area contributed by atoms with E-state index in [1.807, 2.05) is 0 Å². The largest absolute Gasteiger partial charge is 0.416 e. The van der Waals surface area contributed by atoms with Gasteiger partial charge in [0.25, 0.3) is 0 Å². The van der Waals surface area contributed by atoms with Gasteiger partial charge in [0.05, 0.1) is 5.56 Å². The Balaban J connectivity index is 2.21. The molecule has 1 aromatic carbocycles. The molecule has 0 amide bonds. The van der Waals surface area contributed by atoms with E-state index in [0.29, 0.717) is 12.5 Å². The second-order valence-corrected chi connectivity index (χ2v) is 3.96. The van der Waals surface area contributed by atoms with Crippen molar-refractivity contribution in [1.82, 2.24) is 0 Å². The lowest BCUT2D eigenvalue weighted by molar-refractivity contribution is -0.137. The number of alkyl halides is 3. The maximum absolute atomic E-state index is 12.4. The third-order valence-corrected chi connectivity index (χ3v) is 2.87. The summed E-state index contributed by atoms with van der Waals surface area (Å²) >= 11 is 0. The van der Waals surface area contributed by atoms with Crippen LogP contribution < -0.4 is 5.73 Å². The molecule has 0 spiro atoms. The lowest BCUT2D eigenvalue weighted by atomic mass is 10.1. The van der Waals surface area contributed by atoms with E-state index in [4.69, 9.17) is 5.73 Å². The van der Waals surface area contributed by atoms with Crippen molar-refractivity contribution in [3.8, 4) is 0 Å². The van der Waals surface area contributed by atoms with E-state index in [1.165, 1.54) is 12.1 Å². The second kappa shape index (κ2) is 3.52. The Morgan fingerprint density at radius 2 is 2.07 bits per heavy atom. The van der Waals surface area contributed by atoms with Crippen molar-refractivity contribution in [1.29, 1.82) is 0 Å². The fourth-order valence-corrected chi connectivity index (χ4v) is 1.86. The first-order valence-corrected chi connectivity index (χ1v) is 4.89. The summed E-state index contributed by atoms with van der Waals surface area (Å²) in [7, 11) is 0. The Labute approximate surface area is 86.1 Å². The normalized spacial score (nSPS) is 25.3. The molecule has 1 nitrogen and oxygen atoms in total. The van der Waals surface area contributed by atoms with Crippen molar-refractivity contribution in [2.75, 3.05) is 6.54 Å². The minimum Gasteiger partial charge on any atom is -0.330 e. The molecule has 0 heterocycles. The topological polar surface area (TPSA) is 26.0 Å². The van der Waals surface area contributed by atoms with Crippen LogP contribution in [0.4, 0.5) is 13.2 Å². The minimum atomic E-state index is -4.25. The van der Waals surface area contributed by atoms with Gasteiger partial charge in [-0.15, -0.1) is 0 Å². The van der Waals surface area contributed by atoms with Crippen LogP contribution in [0.3, 0.4) is 0 Å². The average molecular weight is 215 g/mol.